The third-order valence-electron chi connectivity index (χ3n) is 4.18. The number of aryl methyl sites for hydroxylation is 1. The summed E-state index contributed by atoms with van der Waals surface area (Å²) in [6.07, 6.45) is 1.74. The van der Waals surface area contributed by atoms with Crippen LogP contribution in [-0.4, -0.2) is 43.1 Å². The van der Waals surface area contributed by atoms with Gasteiger partial charge < -0.3 is 15.5 Å². The number of pyridine rings is 1. The predicted octanol–water partition coefficient (Wildman–Crippen LogP) is 2.39. The summed E-state index contributed by atoms with van der Waals surface area (Å²) in [5.41, 5.74) is 11.0. The highest BCUT2D eigenvalue weighted by atomic mass is 15.2. The second-order valence-corrected chi connectivity index (χ2v) is 5.76. The summed E-state index contributed by atoms with van der Waals surface area (Å²) < 4.78 is 0. The highest BCUT2D eigenvalue weighted by molar-refractivity contribution is 5.65. The van der Waals surface area contributed by atoms with Crippen molar-refractivity contribution in [1.82, 2.24) is 9.88 Å². The Balaban J connectivity index is 1.79. The quantitative estimate of drug-likeness (QED) is 0.918. The van der Waals surface area contributed by atoms with Gasteiger partial charge in [-0.05, 0) is 37.7 Å². The van der Waals surface area contributed by atoms with E-state index in [0.717, 1.165) is 48.7 Å². The van der Waals surface area contributed by atoms with E-state index in [9.17, 15) is 0 Å². The number of aromatic nitrogens is 1. The third kappa shape index (κ3) is 3.00. The summed E-state index contributed by atoms with van der Waals surface area (Å²) in [6, 6.07) is 10.7. The number of piperazine rings is 1. The largest absolute Gasteiger partial charge is 0.397 e. The summed E-state index contributed by atoms with van der Waals surface area (Å²) in [5, 5.41) is 0. The van der Waals surface area contributed by atoms with Crippen molar-refractivity contribution in [2.75, 3.05) is 43.9 Å². The summed E-state index contributed by atoms with van der Waals surface area (Å²) >= 11 is 0. The molecular weight excluding hydrogens is 260 g/mol. The molecule has 0 spiro atoms. The Morgan fingerprint density at radius 3 is 2.33 bits per heavy atom. The Labute approximate surface area is 126 Å². The SMILES string of the molecule is Cc1cc(-c2ccc(N3CCN(C)CC3)cc2)ncc1N. The van der Waals surface area contributed by atoms with E-state index in [2.05, 4.69) is 46.1 Å². The van der Waals surface area contributed by atoms with E-state index in [1.807, 2.05) is 13.0 Å². The van der Waals surface area contributed by atoms with Crippen molar-refractivity contribution < 1.29 is 0 Å². The fourth-order valence-electron chi connectivity index (χ4n) is 2.63. The highest BCUT2D eigenvalue weighted by Crippen LogP contribution is 2.24. The molecule has 2 heterocycles. The van der Waals surface area contributed by atoms with E-state index < -0.39 is 0 Å². The maximum absolute atomic E-state index is 5.83. The second kappa shape index (κ2) is 5.74. The predicted molar refractivity (Wildman–Crippen MR) is 88.5 cm³/mol. The lowest BCUT2D eigenvalue weighted by molar-refractivity contribution is 0.313. The van der Waals surface area contributed by atoms with Crippen molar-refractivity contribution in [3.63, 3.8) is 0 Å². The number of nitrogens with two attached hydrogens (primary N) is 1. The molecule has 4 heteroatoms. The molecule has 0 saturated carbocycles. The number of rotatable bonds is 2. The standard InChI is InChI=1S/C17H22N4/c1-13-11-17(19-12-16(13)18)14-3-5-15(6-4-14)21-9-7-20(2)8-10-21/h3-6,11-12H,7-10,18H2,1-2H3. The summed E-state index contributed by atoms with van der Waals surface area (Å²) in [6.45, 7) is 6.45. The minimum Gasteiger partial charge on any atom is -0.397 e. The van der Waals surface area contributed by atoms with Gasteiger partial charge in [0.15, 0.2) is 0 Å². The van der Waals surface area contributed by atoms with Crippen LogP contribution in [0.2, 0.25) is 0 Å². The van der Waals surface area contributed by atoms with Crippen LogP contribution in [0.3, 0.4) is 0 Å². The van der Waals surface area contributed by atoms with Crippen molar-refractivity contribution in [1.29, 1.82) is 0 Å². The van der Waals surface area contributed by atoms with Gasteiger partial charge in [0.05, 0.1) is 17.6 Å². The molecule has 0 aliphatic carbocycles. The Hall–Kier alpha value is -2.07. The molecule has 2 aromatic rings. The molecule has 3 rings (SSSR count). The second-order valence-electron chi connectivity index (χ2n) is 5.76. The number of nitrogens with zero attached hydrogens (tertiary/aromatic N) is 3. The Morgan fingerprint density at radius 1 is 1.05 bits per heavy atom. The van der Waals surface area contributed by atoms with E-state index in [0.29, 0.717) is 0 Å². The van der Waals surface area contributed by atoms with Crippen LogP contribution < -0.4 is 10.6 Å². The highest BCUT2D eigenvalue weighted by Gasteiger charge is 2.14. The van der Waals surface area contributed by atoms with Gasteiger partial charge in [-0.2, -0.15) is 0 Å². The molecule has 1 aliphatic heterocycles. The van der Waals surface area contributed by atoms with Gasteiger partial charge in [-0.3, -0.25) is 4.98 Å². The van der Waals surface area contributed by atoms with Gasteiger partial charge >= 0.3 is 0 Å². The van der Waals surface area contributed by atoms with Crippen LogP contribution in [0.5, 0.6) is 0 Å². The molecule has 1 aliphatic rings. The molecule has 0 atom stereocenters. The Morgan fingerprint density at radius 2 is 1.71 bits per heavy atom. The first kappa shape index (κ1) is 13.9. The van der Waals surface area contributed by atoms with Crippen LogP contribution in [0.4, 0.5) is 11.4 Å². The fourth-order valence-corrected chi connectivity index (χ4v) is 2.63. The van der Waals surface area contributed by atoms with E-state index in [-0.39, 0.29) is 0 Å². The van der Waals surface area contributed by atoms with E-state index >= 15 is 0 Å². The summed E-state index contributed by atoms with van der Waals surface area (Å²) in [4.78, 5) is 9.22. The van der Waals surface area contributed by atoms with Crippen molar-refractivity contribution in [3.05, 3.63) is 42.1 Å². The maximum atomic E-state index is 5.83. The Bertz CT molecular complexity index is 613. The lowest BCUT2D eigenvalue weighted by atomic mass is 10.1. The molecule has 1 saturated heterocycles. The monoisotopic (exact) mass is 282 g/mol. The van der Waals surface area contributed by atoms with Crippen LogP contribution in [0.25, 0.3) is 11.3 Å². The van der Waals surface area contributed by atoms with Gasteiger partial charge in [0, 0.05) is 37.4 Å². The van der Waals surface area contributed by atoms with Gasteiger partial charge in [-0.25, -0.2) is 0 Å². The van der Waals surface area contributed by atoms with Crippen molar-refractivity contribution >= 4 is 11.4 Å². The maximum Gasteiger partial charge on any atom is 0.0706 e. The van der Waals surface area contributed by atoms with Crippen LogP contribution in [-0.2, 0) is 0 Å². The van der Waals surface area contributed by atoms with Gasteiger partial charge in [-0.1, -0.05) is 12.1 Å². The molecule has 110 valence electrons. The number of hydrogen-bond acceptors (Lipinski definition) is 4. The Kier molecular flexibility index (Phi) is 3.80. The zero-order chi connectivity index (χ0) is 14.8. The van der Waals surface area contributed by atoms with Crippen LogP contribution in [0.1, 0.15) is 5.56 Å². The van der Waals surface area contributed by atoms with Gasteiger partial charge in [-0.15, -0.1) is 0 Å². The van der Waals surface area contributed by atoms with Gasteiger partial charge in [0.25, 0.3) is 0 Å². The van der Waals surface area contributed by atoms with Crippen LogP contribution in [0.15, 0.2) is 36.5 Å². The number of hydrogen-bond donors (Lipinski definition) is 1. The van der Waals surface area contributed by atoms with E-state index in [1.54, 1.807) is 6.20 Å². The molecule has 0 amide bonds. The van der Waals surface area contributed by atoms with E-state index in [4.69, 9.17) is 5.73 Å². The van der Waals surface area contributed by atoms with Gasteiger partial charge in [0.1, 0.15) is 0 Å². The minimum absolute atomic E-state index is 0.743. The molecule has 1 aromatic heterocycles. The first-order valence-corrected chi connectivity index (χ1v) is 7.39. The number of anilines is 2. The molecule has 4 nitrogen and oxygen atoms in total. The first-order valence-electron chi connectivity index (χ1n) is 7.39. The average Bonchev–Trinajstić information content (AvgIpc) is 2.51. The molecule has 1 fully saturated rings. The molecule has 2 N–H and O–H groups in total. The normalized spacial score (nSPS) is 16.2. The smallest absolute Gasteiger partial charge is 0.0706 e. The molecule has 0 bridgehead atoms. The summed E-state index contributed by atoms with van der Waals surface area (Å²) in [5.74, 6) is 0. The molecule has 1 aromatic carbocycles. The minimum atomic E-state index is 0.743. The topological polar surface area (TPSA) is 45.4 Å². The van der Waals surface area contributed by atoms with Crippen LogP contribution >= 0.6 is 0 Å². The van der Waals surface area contributed by atoms with Crippen molar-refractivity contribution in [2.45, 2.75) is 6.92 Å². The van der Waals surface area contributed by atoms with Gasteiger partial charge in [0.2, 0.25) is 0 Å². The van der Waals surface area contributed by atoms with Crippen molar-refractivity contribution in [2.24, 2.45) is 0 Å². The fraction of sp³-hybridized carbons (Fsp3) is 0.353. The zero-order valence-electron chi connectivity index (χ0n) is 12.7. The average molecular weight is 282 g/mol. The number of likely N-dealkylation sites (N-methyl/N-ethyl adjacent to an activating group) is 1. The lowest BCUT2D eigenvalue weighted by Crippen LogP contribution is -2.44. The lowest BCUT2D eigenvalue weighted by Gasteiger charge is -2.34. The molecule has 0 unspecified atom stereocenters. The van der Waals surface area contributed by atoms with E-state index in [1.165, 1.54) is 5.69 Å². The zero-order valence-corrected chi connectivity index (χ0v) is 12.7. The van der Waals surface area contributed by atoms with Crippen LogP contribution in [0, 0.1) is 6.92 Å². The molecule has 0 radical (unpaired) electrons. The molecule has 21 heavy (non-hydrogen) atoms. The summed E-state index contributed by atoms with van der Waals surface area (Å²) in [7, 11) is 2.18. The molecular formula is C17H22N4. The first-order chi connectivity index (χ1) is 10.1. The number of nitrogen functional groups attached to an aromatic ring is 1. The number of benzene rings is 1. The van der Waals surface area contributed by atoms with Crippen molar-refractivity contribution in [3.8, 4) is 11.3 Å². The third-order valence-corrected chi connectivity index (χ3v) is 4.18.